The van der Waals surface area contributed by atoms with Crippen LogP contribution in [0.5, 0.6) is 0 Å². The highest BCUT2D eigenvalue weighted by atomic mass is 32.2. The number of aromatic nitrogens is 3. The number of hydrogen-bond donors (Lipinski definition) is 0. The van der Waals surface area contributed by atoms with E-state index in [2.05, 4.69) is 23.9 Å². The minimum atomic E-state index is -3.44. The van der Waals surface area contributed by atoms with Crippen LogP contribution in [-0.2, 0) is 16.6 Å². The number of hydrogen-bond acceptors (Lipinski definition) is 4. The standard InChI is InChI=1S/C17H24N4O2S/c1-14(2)16-6-3-7-17(9-16)24(22,23)21-8-4-5-15(11-21)10-20-13-18-12-19-20/h3,6-7,9,12-15H,4-5,8,10-11H2,1-2H3/t15-/m1/s1. The van der Waals surface area contributed by atoms with Crippen LogP contribution in [-0.4, -0.2) is 40.6 Å². The average molecular weight is 348 g/mol. The number of benzene rings is 1. The fourth-order valence-electron chi connectivity index (χ4n) is 3.17. The fraction of sp³-hybridized carbons (Fsp3) is 0.529. The lowest BCUT2D eigenvalue weighted by Gasteiger charge is -2.32. The smallest absolute Gasteiger partial charge is 0.243 e. The van der Waals surface area contributed by atoms with Gasteiger partial charge in [-0.15, -0.1) is 0 Å². The maximum Gasteiger partial charge on any atom is 0.243 e. The Morgan fingerprint density at radius 3 is 2.88 bits per heavy atom. The lowest BCUT2D eigenvalue weighted by Crippen LogP contribution is -2.41. The quantitative estimate of drug-likeness (QED) is 0.832. The third kappa shape index (κ3) is 3.67. The van der Waals surface area contributed by atoms with E-state index in [-0.39, 0.29) is 5.92 Å². The molecule has 2 aromatic rings. The highest BCUT2D eigenvalue weighted by Crippen LogP contribution is 2.26. The molecule has 1 aromatic carbocycles. The molecule has 1 aromatic heterocycles. The summed E-state index contributed by atoms with van der Waals surface area (Å²) >= 11 is 0. The molecule has 1 saturated heterocycles. The predicted molar refractivity (Wildman–Crippen MR) is 92.0 cm³/mol. The average Bonchev–Trinajstić information content (AvgIpc) is 3.08. The molecule has 0 saturated carbocycles. The van der Waals surface area contributed by atoms with Crippen molar-refractivity contribution in [1.82, 2.24) is 19.1 Å². The SMILES string of the molecule is CC(C)c1cccc(S(=O)(=O)N2CCC[C@H](Cn3cncn3)C2)c1. The third-order valence-corrected chi connectivity index (χ3v) is 6.42. The van der Waals surface area contributed by atoms with Crippen molar-refractivity contribution >= 4 is 10.0 Å². The van der Waals surface area contributed by atoms with Gasteiger partial charge in [0.2, 0.25) is 10.0 Å². The highest BCUT2D eigenvalue weighted by molar-refractivity contribution is 7.89. The first-order chi connectivity index (χ1) is 11.5. The van der Waals surface area contributed by atoms with Gasteiger partial charge >= 0.3 is 0 Å². The Morgan fingerprint density at radius 1 is 1.33 bits per heavy atom. The molecule has 3 rings (SSSR count). The second-order valence-corrected chi connectivity index (χ2v) is 8.65. The summed E-state index contributed by atoms with van der Waals surface area (Å²) in [5.41, 5.74) is 1.05. The molecule has 1 atom stereocenters. The molecular formula is C17H24N4O2S. The van der Waals surface area contributed by atoms with E-state index in [9.17, 15) is 8.42 Å². The third-order valence-electron chi connectivity index (χ3n) is 4.56. The molecule has 0 unspecified atom stereocenters. The van der Waals surface area contributed by atoms with Gasteiger partial charge in [-0.1, -0.05) is 26.0 Å². The van der Waals surface area contributed by atoms with Gasteiger partial charge in [-0.05, 0) is 42.4 Å². The highest BCUT2D eigenvalue weighted by Gasteiger charge is 2.30. The first kappa shape index (κ1) is 17.1. The van der Waals surface area contributed by atoms with Crippen LogP contribution in [0.15, 0.2) is 41.8 Å². The summed E-state index contributed by atoms with van der Waals surface area (Å²) in [5.74, 6) is 0.574. The zero-order valence-electron chi connectivity index (χ0n) is 14.2. The molecule has 0 spiro atoms. The van der Waals surface area contributed by atoms with Gasteiger partial charge in [0, 0.05) is 19.6 Å². The van der Waals surface area contributed by atoms with Crippen molar-refractivity contribution < 1.29 is 8.42 Å². The summed E-state index contributed by atoms with van der Waals surface area (Å²) < 4.78 is 29.4. The van der Waals surface area contributed by atoms with Crippen LogP contribution in [0.1, 0.15) is 38.2 Å². The van der Waals surface area contributed by atoms with Crippen molar-refractivity contribution in [3.63, 3.8) is 0 Å². The summed E-state index contributed by atoms with van der Waals surface area (Å²) in [6.45, 7) is 5.97. The van der Waals surface area contributed by atoms with Gasteiger partial charge in [0.1, 0.15) is 12.7 Å². The van der Waals surface area contributed by atoms with Crippen molar-refractivity contribution in [1.29, 1.82) is 0 Å². The first-order valence-electron chi connectivity index (χ1n) is 8.39. The molecule has 0 amide bonds. The summed E-state index contributed by atoms with van der Waals surface area (Å²) in [6.07, 6.45) is 5.08. The van der Waals surface area contributed by atoms with Crippen molar-refractivity contribution in [2.24, 2.45) is 5.92 Å². The van der Waals surface area contributed by atoms with E-state index in [1.807, 2.05) is 12.1 Å². The lowest BCUT2D eigenvalue weighted by atomic mass is 10.00. The molecule has 0 aliphatic carbocycles. The number of sulfonamides is 1. The second-order valence-electron chi connectivity index (χ2n) is 6.72. The number of piperidine rings is 1. The van der Waals surface area contributed by atoms with Crippen molar-refractivity contribution in [2.45, 2.75) is 44.0 Å². The molecule has 0 bridgehead atoms. The van der Waals surface area contributed by atoms with Crippen LogP contribution in [0.25, 0.3) is 0 Å². The molecule has 1 fully saturated rings. The largest absolute Gasteiger partial charge is 0.253 e. The van der Waals surface area contributed by atoms with Crippen LogP contribution >= 0.6 is 0 Å². The molecule has 130 valence electrons. The number of rotatable bonds is 5. The van der Waals surface area contributed by atoms with Crippen molar-refractivity contribution in [3.8, 4) is 0 Å². The summed E-state index contributed by atoms with van der Waals surface area (Å²) in [5, 5.41) is 4.12. The zero-order chi connectivity index (χ0) is 17.2. The maximum atomic E-state index is 13.0. The Morgan fingerprint density at radius 2 is 2.17 bits per heavy atom. The Balaban J connectivity index is 1.77. The van der Waals surface area contributed by atoms with E-state index in [1.165, 1.54) is 6.33 Å². The van der Waals surface area contributed by atoms with E-state index >= 15 is 0 Å². The molecule has 7 heteroatoms. The molecule has 24 heavy (non-hydrogen) atoms. The summed E-state index contributed by atoms with van der Waals surface area (Å²) in [4.78, 5) is 4.35. The van der Waals surface area contributed by atoms with Gasteiger partial charge < -0.3 is 0 Å². The molecule has 1 aliphatic heterocycles. The molecular weight excluding hydrogens is 324 g/mol. The minimum absolute atomic E-state index is 0.267. The van der Waals surface area contributed by atoms with Crippen LogP contribution in [0.2, 0.25) is 0 Å². The van der Waals surface area contributed by atoms with E-state index in [1.54, 1.807) is 27.4 Å². The van der Waals surface area contributed by atoms with Gasteiger partial charge in [-0.3, -0.25) is 4.68 Å². The molecule has 0 N–H and O–H groups in total. The van der Waals surface area contributed by atoms with Crippen LogP contribution in [0, 0.1) is 5.92 Å². The van der Waals surface area contributed by atoms with Gasteiger partial charge in [0.15, 0.2) is 0 Å². The second kappa shape index (κ2) is 7.03. The Bertz CT molecular complexity index is 772. The monoisotopic (exact) mass is 348 g/mol. The van der Waals surface area contributed by atoms with E-state index in [4.69, 9.17) is 0 Å². The van der Waals surface area contributed by atoms with E-state index in [0.29, 0.717) is 30.4 Å². The summed E-state index contributed by atoms with van der Waals surface area (Å²) in [7, 11) is -3.44. The lowest BCUT2D eigenvalue weighted by molar-refractivity contribution is 0.239. The van der Waals surface area contributed by atoms with Gasteiger partial charge in [0.25, 0.3) is 0 Å². The van der Waals surface area contributed by atoms with Crippen LogP contribution in [0.3, 0.4) is 0 Å². The topological polar surface area (TPSA) is 68.1 Å². The molecule has 2 heterocycles. The van der Waals surface area contributed by atoms with E-state index in [0.717, 1.165) is 18.4 Å². The van der Waals surface area contributed by atoms with Gasteiger partial charge in [-0.25, -0.2) is 13.4 Å². The Kier molecular flexibility index (Phi) is 5.01. The van der Waals surface area contributed by atoms with Crippen molar-refractivity contribution in [3.05, 3.63) is 42.5 Å². The normalized spacial score (nSPS) is 19.7. The Labute approximate surface area is 143 Å². The molecule has 0 radical (unpaired) electrons. The van der Waals surface area contributed by atoms with Crippen molar-refractivity contribution in [2.75, 3.05) is 13.1 Å². The predicted octanol–water partition coefficient (Wildman–Crippen LogP) is 2.50. The van der Waals surface area contributed by atoms with Crippen LogP contribution < -0.4 is 0 Å². The van der Waals surface area contributed by atoms with Gasteiger partial charge in [-0.2, -0.15) is 9.40 Å². The molecule has 6 nitrogen and oxygen atoms in total. The van der Waals surface area contributed by atoms with Gasteiger partial charge in [0.05, 0.1) is 4.90 Å². The maximum absolute atomic E-state index is 13.0. The minimum Gasteiger partial charge on any atom is -0.253 e. The first-order valence-corrected chi connectivity index (χ1v) is 9.83. The fourth-order valence-corrected chi connectivity index (χ4v) is 4.78. The zero-order valence-corrected chi connectivity index (χ0v) is 15.0. The summed E-state index contributed by atoms with van der Waals surface area (Å²) in [6, 6.07) is 7.32. The van der Waals surface area contributed by atoms with Crippen LogP contribution in [0.4, 0.5) is 0 Å². The molecule has 1 aliphatic rings. The Hall–Kier alpha value is -1.73. The number of nitrogens with zero attached hydrogens (tertiary/aromatic N) is 4. The van der Waals surface area contributed by atoms with E-state index < -0.39 is 10.0 Å².